The maximum Gasteiger partial charge on any atom is 0.251 e. The molecule has 0 saturated carbocycles. The van der Waals surface area contributed by atoms with Gasteiger partial charge >= 0.3 is 0 Å². The number of anilines is 1. The number of hydrogen-bond donors (Lipinski definition) is 1. The Kier molecular flexibility index (Phi) is 4.65. The molecule has 1 heterocycles. The van der Waals surface area contributed by atoms with Crippen molar-refractivity contribution >= 4 is 11.6 Å². The fraction of sp³-hybridized carbons (Fsp3) is 0.562. The molecule has 20 heavy (non-hydrogen) atoms. The third-order valence-corrected chi connectivity index (χ3v) is 3.89. The molecule has 1 amide bonds. The molecule has 1 saturated heterocycles. The van der Waals surface area contributed by atoms with Crippen molar-refractivity contribution in [3.63, 3.8) is 0 Å². The van der Waals surface area contributed by atoms with E-state index in [1.807, 2.05) is 31.2 Å². The number of ether oxygens (including phenoxy) is 1. The van der Waals surface area contributed by atoms with Gasteiger partial charge in [-0.05, 0) is 51.5 Å². The van der Waals surface area contributed by atoms with E-state index in [-0.39, 0.29) is 11.4 Å². The van der Waals surface area contributed by atoms with Crippen LogP contribution in [0.1, 0.15) is 37.6 Å². The number of amides is 1. The van der Waals surface area contributed by atoms with Crippen LogP contribution in [-0.2, 0) is 4.74 Å². The van der Waals surface area contributed by atoms with Gasteiger partial charge < -0.3 is 15.0 Å². The minimum atomic E-state index is -0.228. The normalized spacial score (nSPS) is 21.8. The zero-order valence-corrected chi connectivity index (χ0v) is 12.6. The van der Waals surface area contributed by atoms with Crippen molar-refractivity contribution < 1.29 is 9.53 Å². The quantitative estimate of drug-likeness (QED) is 0.898. The number of hydrogen-bond acceptors (Lipinski definition) is 3. The van der Waals surface area contributed by atoms with Crippen molar-refractivity contribution in [2.75, 3.05) is 31.2 Å². The first-order valence-corrected chi connectivity index (χ1v) is 7.33. The Morgan fingerprint density at radius 2 is 1.95 bits per heavy atom. The highest BCUT2D eigenvalue weighted by Crippen LogP contribution is 2.19. The summed E-state index contributed by atoms with van der Waals surface area (Å²) in [7, 11) is 0. The third-order valence-electron chi connectivity index (χ3n) is 3.89. The SMILES string of the molecule is CCN(CC)c1ccc(C(=O)N[C@@]2(C)CCOC2)cc1. The first kappa shape index (κ1) is 14.9. The summed E-state index contributed by atoms with van der Waals surface area (Å²) in [6.45, 7) is 9.54. The summed E-state index contributed by atoms with van der Waals surface area (Å²) in [4.78, 5) is 14.5. The first-order valence-electron chi connectivity index (χ1n) is 7.33. The van der Waals surface area contributed by atoms with E-state index in [1.54, 1.807) is 0 Å². The molecule has 1 atom stereocenters. The van der Waals surface area contributed by atoms with Crippen molar-refractivity contribution in [3.05, 3.63) is 29.8 Å². The van der Waals surface area contributed by atoms with Crippen molar-refractivity contribution in [3.8, 4) is 0 Å². The molecule has 110 valence electrons. The summed E-state index contributed by atoms with van der Waals surface area (Å²) in [6, 6.07) is 7.80. The maximum atomic E-state index is 12.2. The number of nitrogens with zero attached hydrogens (tertiary/aromatic N) is 1. The van der Waals surface area contributed by atoms with Crippen molar-refractivity contribution in [1.82, 2.24) is 5.32 Å². The molecule has 0 spiro atoms. The summed E-state index contributed by atoms with van der Waals surface area (Å²) < 4.78 is 5.36. The molecule has 1 aliphatic rings. The number of rotatable bonds is 5. The van der Waals surface area contributed by atoms with Crippen LogP contribution in [0.15, 0.2) is 24.3 Å². The Balaban J connectivity index is 2.04. The van der Waals surface area contributed by atoms with Gasteiger partial charge in [-0.25, -0.2) is 0 Å². The minimum Gasteiger partial charge on any atom is -0.379 e. The van der Waals surface area contributed by atoms with E-state index < -0.39 is 0 Å². The van der Waals surface area contributed by atoms with Crippen LogP contribution in [0, 0.1) is 0 Å². The molecule has 1 aromatic rings. The molecule has 1 fully saturated rings. The Labute approximate surface area is 121 Å². The largest absolute Gasteiger partial charge is 0.379 e. The molecule has 2 rings (SSSR count). The van der Waals surface area contributed by atoms with E-state index in [2.05, 4.69) is 24.1 Å². The molecule has 0 bridgehead atoms. The van der Waals surface area contributed by atoms with Gasteiger partial charge in [0.25, 0.3) is 5.91 Å². The van der Waals surface area contributed by atoms with Crippen molar-refractivity contribution in [2.45, 2.75) is 32.7 Å². The maximum absolute atomic E-state index is 12.2. The van der Waals surface area contributed by atoms with Crippen molar-refractivity contribution in [2.24, 2.45) is 0 Å². The molecule has 0 aliphatic carbocycles. The minimum absolute atomic E-state index is 0.0240. The zero-order chi connectivity index (χ0) is 14.6. The van der Waals surface area contributed by atoms with Gasteiger partial charge in [-0.1, -0.05) is 0 Å². The second kappa shape index (κ2) is 6.27. The monoisotopic (exact) mass is 276 g/mol. The second-order valence-corrected chi connectivity index (χ2v) is 5.54. The molecule has 1 N–H and O–H groups in total. The van der Waals surface area contributed by atoms with Gasteiger partial charge in [-0.15, -0.1) is 0 Å². The molecule has 0 unspecified atom stereocenters. The van der Waals surface area contributed by atoms with Gasteiger partial charge in [0.2, 0.25) is 0 Å². The summed E-state index contributed by atoms with van der Waals surface area (Å²) >= 11 is 0. The Morgan fingerprint density at radius 1 is 1.30 bits per heavy atom. The van der Waals surface area contributed by atoms with Gasteiger partial charge in [-0.2, -0.15) is 0 Å². The fourth-order valence-corrected chi connectivity index (χ4v) is 2.52. The highest BCUT2D eigenvalue weighted by molar-refractivity contribution is 5.95. The molecule has 1 aromatic carbocycles. The van der Waals surface area contributed by atoms with Crippen LogP contribution in [0.4, 0.5) is 5.69 Å². The lowest BCUT2D eigenvalue weighted by molar-refractivity contribution is 0.0890. The second-order valence-electron chi connectivity index (χ2n) is 5.54. The highest BCUT2D eigenvalue weighted by Gasteiger charge is 2.31. The highest BCUT2D eigenvalue weighted by atomic mass is 16.5. The van der Waals surface area contributed by atoms with Crippen LogP contribution in [0.2, 0.25) is 0 Å². The van der Waals surface area contributed by atoms with Gasteiger partial charge in [0.05, 0.1) is 12.1 Å². The first-order chi connectivity index (χ1) is 9.58. The molecular formula is C16H24N2O2. The Bertz CT molecular complexity index is 446. The van der Waals surface area contributed by atoms with E-state index in [4.69, 9.17) is 4.74 Å². The molecular weight excluding hydrogens is 252 g/mol. The van der Waals surface area contributed by atoms with Crippen LogP contribution >= 0.6 is 0 Å². The predicted molar refractivity (Wildman–Crippen MR) is 81.3 cm³/mol. The van der Waals surface area contributed by atoms with Gasteiger partial charge in [0, 0.05) is 30.9 Å². The summed E-state index contributed by atoms with van der Waals surface area (Å²) in [5.74, 6) is -0.0240. The third kappa shape index (κ3) is 3.31. The van der Waals surface area contributed by atoms with Crippen LogP contribution in [-0.4, -0.2) is 37.7 Å². The number of nitrogens with one attached hydrogen (secondary N) is 1. The topological polar surface area (TPSA) is 41.6 Å². The number of carbonyl (C=O) groups is 1. The smallest absolute Gasteiger partial charge is 0.251 e. The average Bonchev–Trinajstić information content (AvgIpc) is 2.87. The molecule has 4 heteroatoms. The standard InChI is InChI=1S/C16H24N2O2/c1-4-18(5-2)14-8-6-13(7-9-14)15(19)17-16(3)10-11-20-12-16/h6-9H,4-5,10-12H2,1-3H3,(H,17,19)/t16-/m0/s1. The lowest BCUT2D eigenvalue weighted by atomic mass is 10.0. The summed E-state index contributed by atoms with van der Waals surface area (Å²) in [5, 5.41) is 3.07. The number of carbonyl (C=O) groups excluding carboxylic acids is 1. The van der Waals surface area contributed by atoms with E-state index in [9.17, 15) is 4.79 Å². The van der Waals surface area contributed by atoms with E-state index in [1.165, 1.54) is 0 Å². The lowest BCUT2D eigenvalue weighted by Crippen LogP contribution is -2.46. The van der Waals surface area contributed by atoms with E-state index >= 15 is 0 Å². The van der Waals surface area contributed by atoms with Crippen LogP contribution in [0.3, 0.4) is 0 Å². The van der Waals surface area contributed by atoms with Crippen molar-refractivity contribution in [1.29, 1.82) is 0 Å². The summed E-state index contributed by atoms with van der Waals surface area (Å²) in [5.41, 5.74) is 1.63. The molecule has 1 aliphatic heterocycles. The lowest BCUT2D eigenvalue weighted by Gasteiger charge is -2.24. The Morgan fingerprint density at radius 3 is 2.45 bits per heavy atom. The van der Waals surface area contributed by atoms with Gasteiger partial charge in [-0.3, -0.25) is 4.79 Å². The zero-order valence-electron chi connectivity index (χ0n) is 12.6. The molecule has 4 nitrogen and oxygen atoms in total. The van der Waals surface area contributed by atoms with Crippen LogP contribution in [0.25, 0.3) is 0 Å². The van der Waals surface area contributed by atoms with Crippen LogP contribution in [0.5, 0.6) is 0 Å². The predicted octanol–water partition coefficient (Wildman–Crippen LogP) is 2.44. The van der Waals surface area contributed by atoms with E-state index in [0.717, 1.165) is 31.8 Å². The molecule has 0 radical (unpaired) electrons. The van der Waals surface area contributed by atoms with Gasteiger partial charge in [0.1, 0.15) is 0 Å². The molecule has 0 aromatic heterocycles. The fourth-order valence-electron chi connectivity index (χ4n) is 2.52. The van der Waals surface area contributed by atoms with E-state index in [0.29, 0.717) is 12.2 Å². The number of benzene rings is 1. The van der Waals surface area contributed by atoms with Gasteiger partial charge in [0.15, 0.2) is 0 Å². The Hall–Kier alpha value is -1.55. The average molecular weight is 276 g/mol. The summed E-state index contributed by atoms with van der Waals surface area (Å²) in [6.07, 6.45) is 0.871. The van der Waals surface area contributed by atoms with Crippen LogP contribution < -0.4 is 10.2 Å².